The van der Waals surface area contributed by atoms with E-state index in [0.717, 1.165) is 17.0 Å². The first-order chi connectivity index (χ1) is 13.3. The number of allylic oxidation sites excluding steroid dienone is 2. The number of amides is 3. The molecule has 3 amide bonds. The van der Waals surface area contributed by atoms with E-state index in [9.17, 15) is 23.6 Å². The molecule has 1 heterocycles. The minimum absolute atomic E-state index is 0.00338. The van der Waals surface area contributed by atoms with E-state index < -0.39 is 54.0 Å². The van der Waals surface area contributed by atoms with Crippen molar-refractivity contribution in [3.63, 3.8) is 0 Å². The fraction of sp³-hybridized carbons (Fsp3) is 0.368. The molecule has 3 rings (SSSR count). The van der Waals surface area contributed by atoms with Gasteiger partial charge in [0.2, 0.25) is 11.8 Å². The number of hydrogen-bond donors (Lipinski definition) is 1. The number of anilines is 1. The van der Waals surface area contributed by atoms with Crippen LogP contribution in [0.1, 0.15) is 19.8 Å². The van der Waals surface area contributed by atoms with Crippen molar-refractivity contribution in [2.75, 3.05) is 11.9 Å². The summed E-state index contributed by atoms with van der Waals surface area (Å²) in [5.74, 6) is -3.78. The van der Waals surface area contributed by atoms with E-state index in [0.29, 0.717) is 12.8 Å². The lowest BCUT2D eigenvalue weighted by atomic mass is 9.85. The molecule has 7 nitrogen and oxygen atoms in total. The van der Waals surface area contributed by atoms with Crippen LogP contribution in [0.3, 0.4) is 0 Å². The molecule has 9 heteroatoms. The van der Waals surface area contributed by atoms with Crippen molar-refractivity contribution in [2.45, 2.75) is 25.9 Å². The van der Waals surface area contributed by atoms with E-state index in [1.54, 1.807) is 0 Å². The summed E-state index contributed by atoms with van der Waals surface area (Å²) >= 11 is 5.84. The van der Waals surface area contributed by atoms with Crippen molar-refractivity contribution in [1.29, 1.82) is 0 Å². The molecule has 0 bridgehead atoms. The van der Waals surface area contributed by atoms with Gasteiger partial charge in [-0.2, -0.15) is 0 Å². The Bertz CT molecular complexity index is 846. The Morgan fingerprint density at radius 1 is 1.25 bits per heavy atom. The van der Waals surface area contributed by atoms with Crippen molar-refractivity contribution >= 4 is 41.0 Å². The molecule has 1 aromatic carbocycles. The first-order valence-electron chi connectivity index (χ1n) is 8.73. The van der Waals surface area contributed by atoms with Gasteiger partial charge in [-0.05, 0) is 38.0 Å². The van der Waals surface area contributed by atoms with Gasteiger partial charge < -0.3 is 10.1 Å². The van der Waals surface area contributed by atoms with Crippen LogP contribution < -0.4 is 5.32 Å². The smallest absolute Gasteiger partial charge is 0.326 e. The molecule has 0 saturated carbocycles. The van der Waals surface area contributed by atoms with Gasteiger partial charge in [-0.1, -0.05) is 23.8 Å². The Balaban J connectivity index is 1.56. The maximum absolute atomic E-state index is 13.1. The summed E-state index contributed by atoms with van der Waals surface area (Å²) in [6, 6.07) is 3.44. The molecule has 0 spiro atoms. The SMILES string of the molecule is C[C@H](OC(=O)CN1C(=O)[C@H]2CC=CC[C@H]2C1=O)C(=O)Nc1ccc(F)cc1Cl. The maximum atomic E-state index is 13.1. The molecule has 2 aliphatic rings. The zero-order chi connectivity index (χ0) is 20.4. The molecule has 3 atom stereocenters. The fourth-order valence-corrected chi connectivity index (χ4v) is 3.48. The van der Waals surface area contributed by atoms with Crippen molar-refractivity contribution < 1.29 is 28.3 Å². The Labute approximate surface area is 165 Å². The molecule has 1 aliphatic carbocycles. The molecule has 0 aromatic heterocycles. The number of benzene rings is 1. The second kappa shape index (κ2) is 8.10. The summed E-state index contributed by atoms with van der Waals surface area (Å²) in [4.78, 5) is 49.9. The van der Waals surface area contributed by atoms with E-state index in [2.05, 4.69) is 5.32 Å². The molecule has 1 N–H and O–H groups in total. The highest BCUT2D eigenvalue weighted by Gasteiger charge is 2.47. The monoisotopic (exact) mass is 408 g/mol. The Morgan fingerprint density at radius 3 is 2.43 bits per heavy atom. The zero-order valence-corrected chi connectivity index (χ0v) is 15.7. The van der Waals surface area contributed by atoms with E-state index in [4.69, 9.17) is 16.3 Å². The van der Waals surface area contributed by atoms with Gasteiger partial charge in [0.15, 0.2) is 6.10 Å². The molecule has 1 aromatic rings. The lowest BCUT2D eigenvalue weighted by molar-refractivity contribution is -0.158. The highest BCUT2D eigenvalue weighted by Crippen LogP contribution is 2.34. The van der Waals surface area contributed by atoms with E-state index in [1.807, 2.05) is 12.2 Å². The average Bonchev–Trinajstić information content (AvgIpc) is 2.89. The number of fused-ring (bicyclic) bond motifs is 1. The van der Waals surface area contributed by atoms with Gasteiger partial charge in [0.05, 0.1) is 22.5 Å². The number of halogens is 2. The third-order valence-electron chi connectivity index (χ3n) is 4.75. The molecule has 0 unspecified atom stereocenters. The zero-order valence-electron chi connectivity index (χ0n) is 15.0. The second-order valence-electron chi connectivity index (χ2n) is 6.66. The summed E-state index contributed by atoms with van der Waals surface area (Å²) in [7, 11) is 0. The Hall–Kier alpha value is -2.74. The predicted octanol–water partition coefficient (Wildman–Crippen LogP) is 2.30. The molecule has 1 aliphatic heterocycles. The normalized spacial score (nSPS) is 22.0. The van der Waals surface area contributed by atoms with Crippen molar-refractivity contribution in [3.05, 3.63) is 41.2 Å². The largest absolute Gasteiger partial charge is 0.451 e. The lowest BCUT2D eigenvalue weighted by Gasteiger charge is -2.17. The standard InChI is InChI=1S/C19H18ClFN2O5/c1-10(17(25)22-15-7-6-11(21)8-14(15)20)28-16(24)9-23-18(26)12-4-2-3-5-13(12)19(23)27/h2-3,6-8,10,12-13H,4-5,9H2,1H3,(H,22,25)/t10-,12-,13+/m0/s1. The number of ether oxygens (including phenoxy) is 1. The predicted molar refractivity (Wildman–Crippen MR) is 97.7 cm³/mol. The molecule has 28 heavy (non-hydrogen) atoms. The van der Waals surface area contributed by atoms with Crippen LogP contribution in [0.2, 0.25) is 5.02 Å². The van der Waals surface area contributed by atoms with Crippen LogP contribution in [0.4, 0.5) is 10.1 Å². The summed E-state index contributed by atoms with van der Waals surface area (Å²) in [5.41, 5.74) is 0.164. The molecule has 0 radical (unpaired) electrons. The number of carbonyl (C=O) groups is 4. The average molecular weight is 409 g/mol. The molecular formula is C19H18ClFN2O5. The number of esters is 1. The number of rotatable bonds is 5. The van der Waals surface area contributed by atoms with Gasteiger partial charge in [-0.25, -0.2) is 4.39 Å². The van der Waals surface area contributed by atoms with Crippen molar-refractivity contribution in [2.24, 2.45) is 11.8 Å². The van der Waals surface area contributed by atoms with Gasteiger partial charge in [0, 0.05) is 0 Å². The van der Waals surface area contributed by atoms with E-state index in [1.165, 1.54) is 13.0 Å². The van der Waals surface area contributed by atoms with Gasteiger partial charge >= 0.3 is 5.97 Å². The van der Waals surface area contributed by atoms with Crippen LogP contribution >= 0.6 is 11.6 Å². The van der Waals surface area contributed by atoms with Gasteiger partial charge in [0.1, 0.15) is 12.4 Å². The highest BCUT2D eigenvalue weighted by atomic mass is 35.5. The Morgan fingerprint density at radius 2 is 1.86 bits per heavy atom. The molecule has 148 valence electrons. The topological polar surface area (TPSA) is 92.8 Å². The van der Waals surface area contributed by atoms with Crippen LogP contribution in [-0.2, 0) is 23.9 Å². The third-order valence-corrected chi connectivity index (χ3v) is 5.07. The molecule has 1 fully saturated rings. The maximum Gasteiger partial charge on any atom is 0.326 e. The summed E-state index contributed by atoms with van der Waals surface area (Å²) in [6.07, 6.45) is 3.43. The minimum atomic E-state index is -1.20. The number of likely N-dealkylation sites (tertiary alicyclic amines) is 1. The number of nitrogens with zero attached hydrogens (tertiary/aromatic N) is 1. The minimum Gasteiger partial charge on any atom is -0.451 e. The van der Waals surface area contributed by atoms with Crippen LogP contribution in [0.25, 0.3) is 0 Å². The van der Waals surface area contributed by atoms with Crippen LogP contribution in [0, 0.1) is 17.7 Å². The summed E-state index contributed by atoms with van der Waals surface area (Å²) < 4.78 is 18.1. The first-order valence-corrected chi connectivity index (χ1v) is 9.11. The quantitative estimate of drug-likeness (QED) is 0.458. The highest BCUT2D eigenvalue weighted by molar-refractivity contribution is 6.33. The summed E-state index contributed by atoms with van der Waals surface area (Å²) in [5, 5.41) is 2.42. The van der Waals surface area contributed by atoms with Crippen LogP contribution in [-0.4, -0.2) is 41.2 Å². The van der Waals surface area contributed by atoms with Gasteiger partial charge in [-0.15, -0.1) is 0 Å². The molecular weight excluding hydrogens is 391 g/mol. The first kappa shape index (κ1) is 20.0. The Kier molecular flexibility index (Phi) is 5.79. The summed E-state index contributed by atoms with van der Waals surface area (Å²) in [6.45, 7) is 0.793. The van der Waals surface area contributed by atoms with Crippen LogP contribution in [0.5, 0.6) is 0 Å². The van der Waals surface area contributed by atoms with Crippen molar-refractivity contribution in [1.82, 2.24) is 4.90 Å². The fourth-order valence-electron chi connectivity index (χ4n) is 3.27. The van der Waals surface area contributed by atoms with E-state index >= 15 is 0 Å². The number of nitrogens with one attached hydrogen (secondary N) is 1. The number of carbonyl (C=O) groups excluding carboxylic acids is 4. The molecule has 1 saturated heterocycles. The van der Waals surface area contributed by atoms with Gasteiger partial charge in [0.25, 0.3) is 5.91 Å². The number of imide groups is 1. The van der Waals surface area contributed by atoms with Crippen molar-refractivity contribution in [3.8, 4) is 0 Å². The van der Waals surface area contributed by atoms with E-state index in [-0.39, 0.29) is 10.7 Å². The van der Waals surface area contributed by atoms with Crippen LogP contribution in [0.15, 0.2) is 30.4 Å². The third kappa shape index (κ3) is 4.06. The second-order valence-corrected chi connectivity index (χ2v) is 7.07. The number of hydrogen-bond acceptors (Lipinski definition) is 5. The lowest BCUT2D eigenvalue weighted by Crippen LogP contribution is -2.39. The van der Waals surface area contributed by atoms with Gasteiger partial charge in [-0.3, -0.25) is 24.1 Å².